The number of nitro benzene ring substituents is 1. The van der Waals surface area contributed by atoms with Crippen molar-refractivity contribution in [3.05, 3.63) is 67.4 Å². The molecular formula is C16H13Cl2N3O2. The maximum absolute atomic E-state index is 11.3. The summed E-state index contributed by atoms with van der Waals surface area (Å²) in [6.07, 6.45) is 0. The Kier molecular flexibility index (Phi) is 4.00. The van der Waals surface area contributed by atoms with Gasteiger partial charge in [0.2, 0.25) is 0 Å². The fourth-order valence-electron chi connectivity index (χ4n) is 2.54. The molecule has 0 atom stereocenters. The van der Waals surface area contributed by atoms with Gasteiger partial charge < -0.3 is 4.57 Å². The van der Waals surface area contributed by atoms with Gasteiger partial charge in [0.1, 0.15) is 10.8 Å². The topological polar surface area (TPSA) is 61.0 Å². The minimum Gasteiger partial charge on any atom is -0.323 e. The molecule has 23 heavy (non-hydrogen) atoms. The molecule has 5 nitrogen and oxygen atoms in total. The lowest BCUT2D eigenvalue weighted by Gasteiger charge is -2.08. The average Bonchev–Trinajstić information content (AvgIpc) is 2.78. The first-order valence-corrected chi connectivity index (χ1v) is 7.69. The minimum absolute atomic E-state index is 0.0795. The number of aryl methyl sites for hydroxylation is 2. The molecule has 0 saturated heterocycles. The predicted molar refractivity (Wildman–Crippen MR) is 91.4 cm³/mol. The molecule has 0 aliphatic carbocycles. The molecule has 1 aromatic heterocycles. The summed E-state index contributed by atoms with van der Waals surface area (Å²) in [6.45, 7) is 4.38. The smallest absolute Gasteiger partial charge is 0.317 e. The van der Waals surface area contributed by atoms with Crippen molar-refractivity contribution >= 4 is 39.9 Å². The molecule has 0 spiro atoms. The van der Waals surface area contributed by atoms with Gasteiger partial charge in [-0.3, -0.25) is 10.1 Å². The number of hydrogen-bond acceptors (Lipinski definition) is 3. The van der Waals surface area contributed by atoms with Crippen molar-refractivity contribution in [1.82, 2.24) is 9.55 Å². The molecule has 0 aliphatic rings. The van der Waals surface area contributed by atoms with Crippen LogP contribution in [0.15, 0.2) is 30.3 Å². The summed E-state index contributed by atoms with van der Waals surface area (Å²) in [5.41, 5.74) is 2.86. The molecule has 7 heteroatoms. The number of fused-ring (bicyclic) bond motifs is 1. The summed E-state index contributed by atoms with van der Waals surface area (Å²) >= 11 is 12.0. The highest BCUT2D eigenvalue weighted by molar-refractivity contribution is 6.44. The van der Waals surface area contributed by atoms with Crippen LogP contribution in [0.25, 0.3) is 11.0 Å². The Morgan fingerprint density at radius 1 is 1.22 bits per heavy atom. The second-order valence-corrected chi connectivity index (χ2v) is 6.16. The van der Waals surface area contributed by atoms with Crippen LogP contribution in [0.5, 0.6) is 0 Å². The lowest BCUT2D eigenvalue weighted by molar-refractivity contribution is -0.383. The quantitative estimate of drug-likeness (QED) is 0.498. The number of aromatic nitrogens is 2. The molecule has 0 fully saturated rings. The van der Waals surface area contributed by atoms with Crippen molar-refractivity contribution in [2.75, 3.05) is 0 Å². The van der Waals surface area contributed by atoms with Crippen molar-refractivity contribution in [2.24, 2.45) is 0 Å². The fraction of sp³-hybridized carbons (Fsp3) is 0.188. The van der Waals surface area contributed by atoms with Gasteiger partial charge in [0.15, 0.2) is 5.52 Å². The Hall–Kier alpha value is -2.11. The Bertz CT molecular complexity index is 917. The van der Waals surface area contributed by atoms with E-state index in [2.05, 4.69) is 4.98 Å². The van der Waals surface area contributed by atoms with Crippen LogP contribution in [-0.4, -0.2) is 14.5 Å². The molecule has 0 amide bonds. The van der Waals surface area contributed by atoms with Gasteiger partial charge >= 0.3 is 5.69 Å². The van der Waals surface area contributed by atoms with E-state index < -0.39 is 4.92 Å². The number of nitrogens with zero attached hydrogens (tertiary/aromatic N) is 3. The Labute approximate surface area is 142 Å². The second kappa shape index (κ2) is 5.83. The van der Waals surface area contributed by atoms with Gasteiger partial charge in [-0.2, -0.15) is 0 Å². The van der Waals surface area contributed by atoms with Crippen LogP contribution in [-0.2, 0) is 6.54 Å². The molecule has 118 valence electrons. The molecule has 0 radical (unpaired) electrons. The first-order valence-electron chi connectivity index (χ1n) is 6.93. The van der Waals surface area contributed by atoms with E-state index in [9.17, 15) is 10.1 Å². The highest BCUT2D eigenvalue weighted by atomic mass is 35.5. The summed E-state index contributed by atoms with van der Waals surface area (Å²) < 4.78 is 1.90. The van der Waals surface area contributed by atoms with Gasteiger partial charge in [-0.05, 0) is 25.5 Å². The van der Waals surface area contributed by atoms with Crippen LogP contribution in [0, 0.1) is 24.0 Å². The first kappa shape index (κ1) is 15.8. The molecular weight excluding hydrogens is 337 g/mol. The third-order valence-corrected chi connectivity index (χ3v) is 4.52. The second-order valence-electron chi connectivity index (χ2n) is 5.38. The zero-order chi connectivity index (χ0) is 16.7. The third-order valence-electron chi connectivity index (χ3n) is 3.75. The van der Waals surface area contributed by atoms with Gasteiger partial charge in [-0.15, -0.1) is 0 Å². The number of hydrogen-bond donors (Lipinski definition) is 0. The van der Waals surface area contributed by atoms with Gasteiger partial charge in [0.25, 0.3) is 0 Å². The average molecular weight is 350 g/mol. The molecule has 0 bridgehead atoms. The molecule has 3 aromatic rings. The van der Waals surface area contributed by atoms with Crippen molar-refractivity contribution < 1.29 is 4.92 Å². The van der Waals surface area contributed by atoms with Crippen LogP contribution < -0.4 is 0 Å². The highest BCUT2D eigenvalue weighted by Crippen LogP contribution is 2.38. The van der Waals surface area contributed by atoms with Crippen molar-refractivity contribution in [3.63, 3.8) is 0 Å². The largest absolute Gasteiger partial charge is 0.323 e. The minimum atomic E-state index is -0.542. The molecule has 1 heterocycles. The van der Waals surface area contributed by atoms with Gasteiger partial charge in [0.05, 0.1) is 15.5 Å². The lowest BCUT2D eigenvalue weighted by atomic mass is 10.1. The van der Waals surface area contributed by atoms with Crippen molar-refractivity contribution in [2.45, 2.75) is 20.4 Å². The van der Waals surface area contributed by atoms with E-state index >= 15 is 0 Å². The number of nitro groups is 1. The van der Waals surface area contributed by atoms with E-state index in [1.165, 1.54) is 5.56 Å². The summed E-state index contributed by atoms with van der Waals surface area (Å²) in [7, 11) is 0. The summed E-state index contributed by atoms with van der Waals surface area (Å²) in [6, 6.07) is 9.71. The van der Waals surface area contributed by atoms with Crippen LogP contribution in [0.3, 0.4) is 0 Å². The SMILES string of the molecule is Cc1ccc(Cn2c(C)nc3c([N+](=O)[O-])c(Cl)c(Cl)cc32)cc1. The van der Waals surface area contributed by atoms with E-state index in [1.807, 2.05) is 35.8 Å². The maximum Gasteiger partial charge on any atom is 0.317 e. The zero-order valence-corrected chi connectivity index (χ0v) is 14.0. The lowest BCUT2D eigenvalue weighted by Crippen LogP contribution is -2.02. The number of rotatable bonds is 3. The van der Waals surface area contributed by atoms with Crippen molar-refractivity contribution in [3.8, 4) is 0 Å². The van der Waals surface area contributed by atoms with Crippen LogP contribution in [0.4, 0.5) is 5.69 Å². The monoisotopic (exact) mass is 349 g/mol. The maximum atomic E-state index is 11.3. The van der Waals surface area contributed by atoms with Gasteiger partial charge in [-0.25, -0.2) is 4.98 Å². The standard InChI is InChI=1S/C16H13Cl2N3O2/c1-9-3-5-11(6-4-9)8-20-10(2)19-15-13(20)7-12(17)14(18)16(15)21(22)23/h3-7H,8H2,1-2H3. The van der Waals surface area contributed by atoms with E-state index in [4.69, 9.17) is 23.2 Å². The number of halogens is 2. The predicted octanol–water partition coefficient (Wildman–Crippen LogP) is 4.92. The normalized spacial score (nSPS) is 11.1. The first-order chi connectivity index (χ1) is 10.9. The summed E-state index contributed by atoms with van der Waals surface area (Å²) in [5.74, 6) is 0.669. The Morgan fingerprint density at radius 2 is 1.87 bits per heavy atom. The number of benzene rings is 2. The molecule has 2 aromatic carbocycles. The van der Waals surface area contributed by atoms with Crippen LogP contribution >= 0.6 is 23.2 Å². The van der Waals surface area contributed by atoms with E-state index in [1.54, 1.807) is 13.0 Å². The van der Waals surface area contributed by atoms with Gasteiger partial charge in [-0.1, -0.05) is 53.0 Å². The third kappa shape index (κ3) is 2.78. The molecule has 0 N–H and O–H groups in total. The fourth-order valence-corrected chi connectivity index (χ4v) is 2.95. The molecule has 0 saturated carbocycles. The van der Waals surface area contributed by atoms with Crippen LogP contribution in [0.2, 0.25) is 10.0 Å². The Morgan fingerprint density at radius 3 is 2.48 bits per heavy atom. The Balaban J connectivity index is 2.20. The molecule has 3 rings (SSSR count). The van der Waals surface area contributed by atoms with Crippen LogP contribution in [0.1, 0.15) is 17.0 Å². The highest BCUT2D eigenvalue weighted by Gasteiger charge is 2.25. The molecule has 0 unspecified atom stereocenters. The summed E-state index contributed by atoms with van der Waals surface area (Å²) in [4.78, 5) is 15.1. The summed E-state index contributed by atoms with van der Waals surface area (Å²) in [5, 5.41) is 11.4. The van der Waals surface area contributed by atoms with Gasteiger partial charge in [0, 0.05) is 6.54 Å². The van der Waals surface area contributed by atoms with E-state index in [0.717, 1.165) is 5.56 Å². The zero-order valence-electron chi connectivity index (χ0n) is 12.5. The molecule has 0 aliphatic heterocycles. The van der Waals surface area contributed by atoms with E-state index in [0.29, 0.717) is 17.9 Å². The van der Waals surface area contributed by atoms with Crippen molar-refractivity contribution in [1.29, 1.82) is 0 Å². The number of imidazole rings is 1. The van der Waals surface area contributed by atoms with E-state index in [-0.39, 0.29) is 21.2 Å².